The summed E-state index contributed by atoms with van der Waals surface area (Å²) in [6.45, 7) is 2.32. The second-order valence-electron chi connectivity index (χ2n) is 3.90. The van der Waals surface area contributed by atoms with Gasteiger partial charge in [0.05, 0.1) is 6.10 Å². The molecule has 0 radical (unpaired) electrons. The average molecular weight is 234 g/mol. The normalized spacial score (nSPS) is 12.6. The Balaban J connectivity index is 2.23. The minimum atomic E-state index is -0.308. The van der Waals surface area contributed by atoms with Gasteiger partial charge in [0.2, 0.25) is 5.91 Å². The predicted molar refractivity (Wildman–Crippen MR) is 67.2 cm³/mol. The van der Waals surface area contributed by atoms with Crippen molar-refractivity contribution in [1.29, 1.82) is 0 Å². The van der Waals surface area contributed by atoms with Crippen LogP contribution in [-0.2, 0) is 4.79 Å². The Bertz CT molecular complexity index is 361. The topological polar surface area (TPSA) is 62.2 Å². The molecule has 0 bridgehead atoms. The summed E-state index contributed by atoms with van der Waals surface area (Å²) in [7, 11) is 0. The first-order chi connectivity index (χ1) is 8.18. The zero-order valence-electron chi connectivity index (χ0n) is 9.97. The van der Waals surface area contributed by atoms with Gasteiger partial charge in [-0.25, -0.2) is 0 Å². The first-order valence-electron chi connectivity index (χ1n) is 5.72. The van der Waals surface area contributed by atoms with Crippen LogP contribution in [0.15, 0.2) is 30.6 Å². The molecule has 0 aromatic carbocycles. The number of pyridine rings is 1. The third-order valence-electron chi connectivity index (χ3n) is 2.21. The molecule has 0 saturated heterocycles. The van der Waals surface area contributed by atoms with Crippen molar-refractivity contribution in [3.63, 3.8) is 0 Å². The van der Waals surface area contributed by atoms with E-state index in [0.717, 1.165) is 12.0 Å². The van der Waals surface area contributed by atoms with E-state index >= 15 is 0 Å². The smallest absolute Gasteiger partial charge is 0.243 e. The molecule has 0 saturated carbocycles. The van der Waals surface area contributed by atoms with Gasteiger partial charge in [0, 0.05) is 25.0 Å². The Morgan fingerprint density at radius 2 is 2.47 bits per heavy atom. The first-order valence-corrected chi connectivity index (χ1v) is 5.72. The van der Waals surface area contributed by atoms with Crippen LogP contribution in [0.4, 0.5) is 0 Å². The Morgan fingerprint density at radius 3 is 3.12 bits per heavy atom. The van der Waals surface area contributed by atoms with E-state index in [1.165, 1.54) is 6.08 Å². The molecule has 1 atom stereocenters. The average Bonchev–Trinajstić information content (AvgIpc) is 2.33. The minimum absolute atomic E-state index is 0.126. The molecule has 0 spiro atoms. The van der Waals surface area contributed by atoms with Gasteiger partial charge in [0.1, 0.15) is 0 Å². The molecule has 0 aliphatic rings. The SMILES string of the molecule is CC(O)CCCNC(=O)/C=C/c1cccnc1. The van der Waals surface area contributed by atoms with Gasteiger partial charge < -0.3 is 10.4 Å². The zero-order valence-corrected chi connectivity index (χ0v) is 9.97. The molecule has 1 amide bonds. The van der Waals surface area contributed by atoms with Crippen LogP contribution in [-0.4, -0.2) is 28.6 Å². The lowest BCUT2D eigenvalue weighted by atomic mass is 10.2. The molecular weight excluding hydrogens is 216 g/mol. The molecule has 1 aromatic heterocycles. The van der Waals surface area contributed by atoms with Crippen molar-refractivity contribution >= 4 is 12.0 Å². The molecule has 1 aromatic rings. The second kappa shape index (κ2) is 7.57. The van der Waals surface area contributed by atoms with E-state index in [1.807, 2.05) is 12.1 Å². The van der Waals surface area contributed by atoms with Crippen LogP contribution in [0.25, 0.3) is 6.08 Å². The van der Waals surface area contributed by atoms with Crippen molar-refractivity contribution in [2.75, 3.05) is 6.54 Å². The lowest BCUT2D eigenvalue weighted by Crippen LogP contribution is -2.22. The number of nitrogens with one attached hydrogen (secondary N) is 1. The van der Waals surface area contributed by atoms with Crippen LogP contribution >= 0.6 is 0 Å². The number of aliphatic hydroxyl groups is 1. The van der Waals surface area contributed by atoms with Gasteiger partial charge in [0.25, 0.3) is 0 Å². The maximum absolute atomic E-state index is 11.4. The molecule has 2 N–H and O–H groups in total. The van der Waals surface area contributed by atoms with Crippen LogP contribution in [0, 0.1) is 0 Å². The third kappa shape index (κ3) is 6.48. The molecule has 1 unspecified atom stereocenters. The quantitative estimate of drug-likeness (QED) is 0.577. The minimum Gasteiger partial charge on any atom is -0.393 e. The molecule has 0 aliphatic heterocycles. The fraction of sp³-hybridized carbons (Fsp3) is 0.385. The molecular formula is C13H18N2O2. The largest absolute Gasteiger partial charge is 0.393 e. The number of carbonyl (C=O) groups excluding carboxylic acids is 1. The maximum Gasteiger partial charge on any atom is 0.243 e. The monoisotopic (exact) mass is 234 g/mol. The van der Waals surface area contributed by atoms with Gasteiger partial charge in [-0.1, -0.05) is 6.07 Å². The first kappa shape index (κ1) is 13.4. The van der Waals surface area contributed by atoms with E-state index in [0.29, 0.717) is 13.0 Å². The van der Waals surface area contributed by atoms with Crippen molar-refractivity contribution in [2.45, 2.75) is 25.9 Å². The number of amides is 1. The van der Waals surface area contributed by atoms with E-state index in [4.69, 9.17) is 5.11 Å². The number of aromatic nitrogens is 1. The number of carbonyl (C=O) groups is 1. The molecule has 1 rings (SSSR count). The lowest BCUT2D eigenvalue weighted by molar-refractivity contribution is -0.116. The van der Waals surface area contributed by atoms with Crippen molar-refractivity contribution < 1.29 is 9.90 Å². The van der Waals surface area contributed by atoms with Crippen LogP contribution < -0.4 is 5.32 Å². The third-order valence-corrected chi connectivity index (χ3v) is 2.21. The summed E-state index contributed by atoms with van der Waals surface area (Å²) in [6.07, 6.45) is 7.76. The highest BCUT2D eigenvalue weighted by atomic mass is 16.3. The van der Waals surface area contributed by atoms with Crippen molar-refractivity contribution in [3.05, 3.63) is 36.2 Å². The molecule has 17 heavy (non-hydrogen) atoms. The Labute approximate surface area is 101 Å². The molecule has 1 heterocycles. The number of hydrogen-bond donors (Lipinski definition) is 2. The standard InChI is InChI=1S/C13H18N2O2/c1-11(16)4-2-9-15-13(17)7-6-12-5-3-8-14-10-12/h3,5-8,10-11,16H,2,4,9H2,1H3,(H,15,17)/b7-6+. The van der Waals surface area contributed by atoms with Gasteiger partial charge in [-0.3, -0.25) is 9.78 Å². The van der Waals surface area contributed by atoms with Gasteiger partial charge in [-0.2, -0.15) is 0 Å². The summed E-state index contributed by atoms with van der Waals surface area (Å²) in [5.74, 6) is -0.126. The summed E-state index contributed by atoms with van der Waals surface area (Å²) >= 11 is 0. The van der Waals surface area contributed by atoms with Crippen LogP contribution in [0.5, 0.6) is 0 Å². The van der Waals surface area contributed by atoms with Crippen LogP contribution in [0.1, 0.15) is 25.3 Å². The highest BCUT2D eigenvalue weighted by molar-refractivity contribution is 5.91. The fourth-order valence-corrected chi connectivity index (χ4v) is 1.31. The Hall–Kier alpha value is -1.68. The molecule has 4 nitrogen and oxygen atoms in total. The lowest BCUT2D eigenvalue weighted by Gasteiger charge is -2.04. The Morgan fingerprint density at radius 1 is 1.65 bits per heavy atom. The van der Waals surface area contributed by atoms with E-state index in [2.05, 4.69) is 10.3 Å². The highest BCUT2D eigenvalue weighted by Crippen LogP contribution is 1.98. The molecule has 4 heteroatoms. The van der Waals surface area contributed by atoms with E-state index in [-0.39, 0.29) is 12.0 Å². The van der Waals surface area contributed by atoms with Crippen molar-refractivity contribution in [2.24, 2.45) is 0 Å². The summed E-state index contributed by atoms with van der Waals surface area (Å²) < 4.78 is 0. The molecule has 92 valence electrons. The highest BCUT2D eigenvalue weighted by Gasteiger charge is 1.97. The van der Waals surface area contributed by atoms with Gasteiger partial charge >= 0.3 is 0 Å². The number of hydrogen-bond acceptors (Lipinski definition) is 3. The van der Waals surface area contributed by atoms with E-state index < -0.39 is 0 Å². The van der Waals surface area contributed by atoms with Crippen molar-refractivity contribution in [3.8, 4) is 0 Å². The van der Waals surface area contributed by atoms with Crippen LogP contribution in [0.3, 0.4) is 0 Å². The number of aliphatic hydroxyl groups excluding tert-OH is 1. The summed E-state index contributed by atoms with van der Waals surface area (Å²) in [4.78, 5) is 15.3. The molecule has 0 fully saturated rings. The second-order valence-corrected chi connectivity index (χ2v) is 3.90. The fourth-order valence-electron chi connectivity index (χ4n) is 1.31. The van der Waals surface area contributed by atoms with Gasteiger partial charge in [-0.15, -0.1) is 0 Å². The Kier molecular flexibility index (Phi) is 5.96. The zero-order chi connectivity index (χ0) is 12.5. The predicted octanol–water partition coefficient (Wildman–Crippen LogP) is 1.37. The van der Waals surface area contributed by atoms with Crippen LogP contribution in [0.2, 0.25) is 0 Å². The summed E-state index contributed by atoms with van der Waals surface area (Å²) in [5, 5.41) is 11.8. The maximum atomic E-state index is 11.4. The van der Waals surface area contributed by atoms with E-state index in [9.17, 15) is 4.79 Å². The van der Waals surface area contributed by atoms with Gasteiger partial charge in [0.15, 0.2) is 0 Å². The number of rotatable bonds is 6. The van der Waals surface area contributed by atoms with E-state index in [1.54, 1.807) is 25.4 Å². The van der Waals surface area contributed by atoms with Crippen molar-refractivity contribution in [1.82, 2.24) is 10.3 Å². The summed E-state index contributed by atoms with van der Waals surface area (Å²) in [5.41, 5.74) is 0.895. The number of nitrogens with zero attached hydrogens (tertiary/aromatic N) is 1. The van der Waals surface area contributed by atoms with Gasteiger partial charge in [-0.05, 0) is 37.5 Å². The molecule has 0 aliphatic carbocycles. The summed E-state index contributed by atoms with van der Waals surface area (Å²) in [6, 6.07) is 3.70.